The van der Waals surface area contributed by atoms with Gasteiger partial charge in [-0.1, -0.05) is 13.8 Å². The second-order valence-corrected chi connectivity index (χ2v) is 5.20. The van der Waals surface area contributed by atoms with Crippen molar-refractivity contribution in [1.29, 1.82) is 0 Å². The lowest BCUT2D eigenvalue weighted by Crippen LogP contribution is -2.33. The number of nitrogens with one attached hydrogen (secondary N) is 1. The van der Waals surface area contributed by atoms with Gasteiger partial charge in [0, 0.05) is 36.2 Å². The summed E-state index contributed by atoms with van der Waals surface area (Å²) >= 11 is 0. The molecule has 2 rings (SSSR count). The summed E-state index contributed by atoms with van der Waals surface area (Å²) in [6.07, 6.45) is 2.02. The fourth-order valence-corrected chi connectivity index (χ4v) is 2.01. The third-order valence-electron chi connectivity index (χ3n) is 3.55. The highest BCUT2D eigenvalue weighted by atomic mass is 19.1. The quantitative estimate of drug-likeness (QED) is 0.858. The first-order valence-electron chi connectivity index (χ1n) is 6.55. The molecule has 0 bridgehead atoms. The fraction of sp³-hybridized carbons (Fsp3) is 0.467. The molecular formula is C15H21FN2. The first-order valence-corrected chi connectivity index (χ1v) is 6.55. The topological polar surface area (TPSA) is 17.0 Å². The average Bonchev–Trinajstić information content (AvgIpc) is 2.71. The van der Waals surface area contributed by atoms with E-state index in [1.54, 1.807) is 6.07 Å². The molecule has 0 fully saturated rings. The Morgan fingerprint density at radius 3 is 2.72 bits per heavy atom. The molecule has 0 aliphatic heterocycles. The van der Waals surface area contributed by atoms with Gasteiger partial charge in [0.15, 0.2) is 0 Å². The van der Waals surface area contributed by atoms with Gasteiger partial charge in [-0.2, -0.15) is 0 Å². The van der Waals surface area contributed by atoms with Crippen LogP contribution >= 0.6 is 0 Å². The van der Waals surface area contributed by atoms with Crippen molar-refractivity contribution in [2.75, 3.05) is 6.54 Å². The van der Waals surface area contributed by atoms with E-state index in [0.717, 1.165) is 24.0 Å². The maximum absolute atomic E-state index is 13.1. The number of hydrogen-bond acceptors (Lipinski definition) is 1. The van der Waals surface area contributed by atoms with Crippen LogP contribution in [-0.2, 0) is 6.54 Å². The standard InChI is InChI=1S/C15H21FN2/c1-11(2)12(3)17-7-9-18-8-6-13-10-14(16)4-5-15(13)18/h4-6,8,10-12,17H,7,9H2,1-3H3. The van der Waals surface area contributed by atoms with Crippen molar-refractivity contribution in [3.63, 3.8) is 0 Å². The Bertz CT molecular complexity index is 516. The molecule has 0 amide bonds. The highest BCUT2D eigenvalue weighted by Crippen LogP contribution is 2.16. The van der Waals surface area contributed by atoms with Gasteiger partial charge < -0.3 is 9.88 Å². The molecule has 18 heavy (non-hydrogen) atoms. The number of fused-ring (bicyclic) bond motifs is 1. The highest BCUT2D eigenvalue weighted by molar-refractivity contribution is 5.80. The van der Waals surface area contributed by atoms with E-state index in [2.05, 4.69) is 30.7 Å². The van der Waals surface area contributed by atoms with Gasteiger partial charge in [-0.05, 0) is 37.1 Å². The number of nitrogens with zero attached hydrogens (tertiary/aromatic N) is 1. The Morgan fingerprint density at radius 2 is 2.00 bits per heavy atom. The Morgan fingerprint density at radius 1 is 1.22 bits per heavy atom. The second kappa shape index (κ2) is 5.53. The molecule has 1 atom stereocenters. The van der Waals surface area contributed by atoms with Crippen LogP contribution in [0.25, 0.3) is 10.9 Å². The zero-order chi connectivity index (χ0) is 13.1. The Labute approximate surface area is 108 Å². The van der Waals surface area contributed by atoms with Crippen LogP contribution in [0.3, 0.4) is 0 Å². The highest BCUT2D eigenvalue weighted by Gasteiger charge is 2.06. The van der Waals surface area contributed by atoms with E-state index in [1.165, 1.54) is 6.07 Å². The molecule has 1 unspecified atom stereocenters. The first-order chi connectivity index (χ1) is 8.58. The Kier molecular flexibility index (Phi) is 4.02. The van der Waals surface area contributed by atoms with Crippen LogP contribution in [0.1, 0.15) is 20.8 Å². The van der Waals surface area contributed by atoms with Gasteiger partial charge in [0.1, 0.15) is 5.82 Å². The first kappa shape index (κ1) is 13.1. The zero-order valence-corrected chi connectivity index (χ0v) is 11.3. The number of aromatic nitrogens is 1. The van der Waals surface area contributed by atoms with Crippen molar-refractivity contribution >= 4 is 10.9 Å². The van der Waals surface area contributed by atoms with Gasteiger partial charge >= 0.3 is 0 Å². The van der Waals surface area contributed by atoms with E-state index < -0.39 is 0 Å². The number of hydrogen-bond donors (Lipinski definition) is 1. The van der Waals surface area contributed by atoms with Crippen molar-refractivity contribution in [3.05, 3.63) is 36.3 Å². The van der Waals surface area contributed by atoms with E-state index in [9.17, 15) is 4.39 Å². The Hall–Kier alpha value is -1.35. The minimum absolute atomic E-state index is 0.174. The summed E-state index contributed by atoms with van der Waals surface area (Å²) < 4.78 is 15.2. The molecule has 2 nitrogen and oxygen atoms in total. The van der Waals surface area contributed by atoms with Gasteiger partial charge in [-0.25, -0.2) is 4.39 Å². The number of benzene rings is 1. The zero-order valence-electron chi connectivity index (χ0n) is 11.3. The Balaban J connectivity index is 2.00. The molecule has 2 aromatic rings. The smallest absolute Gasteiger partial charge is 0.123 e. The summed E-state index contributed by atoms with van der Waals surface area (Å²) in [5, 5.41) is 4.47. The van der Waals surface area contributed by atoms with Crippen molar-refractivity contribution in [2.24, 2.45) is 5.92 Å². The van der Waals surface area contributed by atoms with Gasteiger partial charge in [-0.15, -0.1) is 0 Å². The normalized spacial score (nSPS) is 13.4. The summed E-state index contributed by atoms with van der Waals surface area (Å²) in [6, 6.07) is 7.42. The number of rotatable bonds is 5. The van der Waals surface area contributed by atoms with Crippen LogP contribution < -0.4 is 5.32 Å². The third kappa shape index (κ3) is 2.91. The largest absolute Gasteiger partial charge is 0.346 e. The maximum atomic E-state index is 13.1. The second-order valence-electron chi connectivity index (χ2n) is 5.20. The summed E-state index contributed by atoms with van der Waals surface area (Å²) in [6.45, 7) is 8.47. The molecule has 0 aliphatic rings. The van der Waals surface area contributed by atoms with Gasteiger partial charge in [0.2, 0.25) is 0 Å². The van der Waals surface area contributed by atoms with Gasteiger partial charge in [0.05, 0.1) is 0 Å². The molecule has 0 radical (unpaired) electrons. The van der Waals surface area contributed by atoms with Crippen molar-refractivity contribution in [3.8, 4) is 0 Å². The van der Waals surface area contributed by atoms with Crippen molar-refractivity contribution in [2.45, 2.75) is 33.4 Å². The molecule has 0 saturated carbocycles. The average molecular weight is 248 g/mol. The van der Waals surface area contributed by atoms with Crippen molar-refractivity contribution < 1.29 is 4.39 Å². The molecule has 1 N–H and O–H groups in total. The van der Waals surface area contributed by atoms with Crippen LogP contribution in [-0.4, -0.2) is 17.2 Å². The van der Waals surface area contributed by atoms with Crippen LogP contribution in [0.4, 0.5) is 4.39 Å². The fourth-order valence-electron chi connectivity index (χ4n) is 2.01. The SMILES string of the molecule is CC(C)C(C)NCCn1ccc2cc(F)ccc21. The van der Waals surface area contributed by atoms with E-state index >= 15 is 0 Å². The maximum Gasteiger partial charge on any atom is 0.123 e. The lowest BCUT2D eigenvalue weighted by Gasteiger charge is -2.17. The van der Waals surface area contributed by atoms with Crippen LogP contribution in [0.2, 0.25) is 0 Å². The predicted octanol–water partition coefficient (Wildman–Crippen LogP) is 3.41. The van der Waals surface area contributed by atoms with E-state index in [1.807, 2.05) is 18.3 Å². The molecule has 3 heteroatoms. The van der Waals surface area contributed by atoms with Crippen LogP contribution in [0, 0.1) is 11.7 Å². The van der Waals surface area contributed by atoms with Crippen molar-refractivity contribution in [1.82, 2.24) is 9.88 Å². The predicted molar refractivity (Wildman–Crippen MR) is 74.2 cm³/mol. The molecule has 1 aromatic carbocycles. The molecular weight excluding hydrogens is 227 g/mol. The van der Waals surface area contributed by atoms with E-state index in [0.29, 0.717) is 12.0 Å². The monoisotopic (exact) mass is 248 g/mol. The summed E-state index contributed by atoms with van der Waals surface area (Å²) in [4.78, 5) is 0. The van der Waals surface area contributed by atoms with Gasteiger partial charge in [0.25, 0.3) is 0 Å². The summed E-state index contributed by atoms with van der Waals surface area (Å²) in [5.41, 5.74) is 1.09. The van der Waals surface area contributed by atoms with E-state index in [4.69, 9.17) is 0 Å². The molecule has 0 spiro atoms. The van der Waals surface area contributed by atoms with Gasteiger partial charge in [-0.3, -0.25) is 0 Å². The summed E-state index contributed by atoms with van der Waals surface area (Å²) in [5.74, 6) is 0.465. The molecule has 1 heterocycles. The lowest BCUT2D eigenvalue weighted by molar-refractivity contribution is 0.418. The lowest BCUT2D eigenvalue weighted by atomic mass is 10.1. The minimum atomic E-state index is -0.174. The third-order valence-corrected chi connectivity index (χ3v) is 3.55. The molecule has 0 aliphatic carbocycles. The molecule has 0 saturated heterocycles. The van der Waals surface area contributed by atoms with Crippen LogP contribution in [0.15, 0.2) is 30.5 Å². The molecule has 1 aromatic heterocycles. The number of halogens is 1. The molecule has 98 valence electrons. The van der Waals surface area contributed by atoms with Crippen LogP contribution in [0.5, 0.6) is 0 Å². The van der Waals surface area contributed by atoms with E-state index in [-0.39, 0.29) is 5.82 Å². The minimum Gasteiger partial charge on any atom is -0.346 e. The summed E-state index contributed by atoms with van der Waals surface area (Å²) in [7, 11) is 0.